The molecule has 0 spiro atoms. The fourth-order valence-electron chi connectivity index (χ4n) is 3.98. The second kappa shape index (κ2) is 9.21. The normalized spacial score (nSPS) is 17.9. The summed E-state index contributed by atoms with van der Waals surface area (Å²) < 4.78 is 45.9. The van der Waals surface area contributed by atoms with Gasteiger partial charge in [-0.1, -0.05) is 13.0 Å². The Morgan fingerprint density at radius 1 is 1.29 bits per heavy atom. The Morgan fingerprint density at radius 2 is 2.00 bits per heavy atom. The third-order valence-corrected chi connectivity index (χ3v) is 6.09. The van der Waals surface area contributed by atoms with Crippen LogP contribution in [-0.4, -0.2) is 55.0 Å². The van der Waals surface area contributed by atoms with Crippen molar-refractivity contribution in [2.45, 2.75) is 38.5 Å². The van der Waals surface area contributed by atoms with Crippen molar-refractivity contribution in [3.63, 3.8) is 0 Å². The van der Waals surface area contributed by atoms with E-state index >= 15 is 0 Å². The van der Waals surface area contributed by atoms with E-state index in [1.165, 1.54) is 4.57 Å². The van der Waals surface area contributed by atoms with Gasteiger partial charge in [-0.15, -0.1) is 0 Å². The van der Waals surface area contributed by atoms with Crippen molar-refractivity contribution in [3.8, 4) is 0 Å². The number of aromatic nitrogens is 1. The van der Waals surface area contributed by atoms with Crippen LogP contribution >= 0.6 is 22.6 Å². The number of piperidine rings is 1. The number of anilines is 1. The Bertz CT molecular complexity index is 785. The summed E-state index contributed by atoms with van der Waals surface area (Å²) >= 11 is 1.98. The number of halogens is 4. The van der Waals surface area contributed by atoms with E-state index in [0.29, 0.717) is 21.2 Å². The Hall–Kier alpha value is -1.00. The number of rotatable bonds is 7. The molecule has 1 aliphatic rings. The maximum absolute atomic E-state index is 12.9. The predicted molar refractivity (Wildman–Crippen MR) is 115 cm³/mol. The molecule has 2 aromatic rings. The average Bonchev–Trinajstić information content (AvgIpc) is 2.92. The van der Waals surface area contributed by atoms with Crippen LogP contribution in [0.2, 0.25) is 0 Å². The predicted octanol–water partition coefficient (Wildman–Crippen LogP) is 4.97. The van der Waals surface area contributed by atoms with Gasteiger partial charge in [-0.05, 0) is 59.5 Å². The Balaban J connectivity index is 1.66. The van der Waals surface area contributed by atoms with Crippen LogP contribution in [0.5, 0.6) is 0 Å². The zero-order valence-electron chi connectivity index (χ0n) is 16.2. The molecule has 0 saturated carbocycles. The van der Waals surface area contributed by atoms with Crippen molar-refractivity contribution in [1.29, 1.82) is 0 Å². The molecule has 0 bridgehead atoms. The highest BCUT2D eigenvalue weighted by molar-refractivity contribution is 14.1. The lowest BCUT2D eigenvalue weighted by molar-refractivity contribution is -0.140. The van der Waals surface area contributed by atoms with Gasteiger partial charge in [0, 0.05) is 50.5 Å². The summed E-state index contributed by atoms with van der Waals surface area (Å²) in [5.74, 6) is 0.513. The van der Waals surface area contributed by atoms with Gasteiger partial charge in [0.1, 0.15) is 6.54 Å². The largest absolute Gasteiger partial charge is 0.406 e. The number of ether oxygens (including phenoxy) is 1. The Morgan fingerprint density at radius 3 is 2.64 bits per heavy atom. The van der Waals surface area contributed by atoms with E-state index in [0.717, 1.165) is 50.2 Å². The molecule has 8 heteroatoms. The van der Waals surface area contributed by atoms with E-state index < -0.39 is 12.7 Å². The lowest BCUT2D eigenvalue weighted by Crippen LogP contribution is -2.41. The number of methoxy groups -OCH3 is 1. The van der Waals surface area contributed by atoms with Crippen molar-refractivity contribution < 1.29 is 17.9 Å². The number of hydrogen-bond donors (Lipinski definition) is 1. The van der Waals surface area contributed by atoms with Crippen LogP contribution in [0.4, 0.5) is 18.9 Å². The van der Waals surface area contributed by atoms with Crippen molar-refractivity contribution in [2.75, 3.05) is 38.7 Å². The SMILES string of the molecule is COCC(C)CN1CCC(Nc2cccc3c2cc(I)n3CC(F)(F)F)CC1. The van der Waals surface area contributed by atoms with Gasteiger partial charge < -0.3 is 19.5 Å². The van der Waals surface area contributed by atoms with Crippen LogP contribution in [0.25, 0.3) is 10.9 Å². The molecule has 156 valence electrons. The first kappa shape index (κ1) is 21.7. The minimum atomic E-state index is -4.23. The molecular weight excluding hydrogens is 482 g/mol. The molecule has 1 aliphatic heterocycles. The standard InChI is InChI=1S/C20H27F3IN3O/c1-14(12-28-2)11-26-8-6-15(7-9-26)25-17-4-3-5-18-16(17)10-19(24)27(18)13-20(21,22)23/h3-5,10,14-15,25H,6-9,11-13H2,1-2H3. The first-order chi connectivity index (χ1) is 13.3. The molecule has 0 amide bonds. The summed E-state index contributed by atoms with van der Waals surface area (Å²) in [7, 11) is 1.73. The van der Waals surface area contributed by atoms with Crippen molar-refractivity contribution >= 4 is 39.2 Å². The second-order valence-electron chi connectivity index (χ2n) is 7.69. The highest BCUT2D eigenvalue weighted by Crippen LogP contribution is 2.32. The lowest BCUT2D eigenvalue weighted by atomic mass is 10.0. The number of nitrogens with zero attached hydrogens (tertiary/aromatic N) is 2. The van der Waals surface area contributed by atoms with Gasteiger partial charge in [-0.2, -0.15) is 13.2 Å². The summed E-state index contributed by atoms with van der Waals surface area (Å²) in [6, 6.07) is 7.72. The molecule has 0 aliphatic carbocycles. The second-order valence-corrected chi connectivity index (χ2v) is 8.79. The molecule has 4 nitrogen and oxygen atoms in total. The van der Waals surface area contributed by atoms with Gasteiger partial charge in [0.2, 0.25) is 0 Å². The van der Waals surface area contributed by atoms with Crippen molar-refractivity contribution in [3.05, 3.63) is 28.0 Å². The number of nitrogens with one attached hydrogen (secondary N) is 1. The van der Waals surface area contributed by atoms with Gasteiger partial charge in [0.15, 0.2) is 0 Å². The molecule has 1 fully saturated rings. The van der Waals surface area contributed by atoms with Crippen molar-refractivity contribution in [1.82, 2.24) is 9.47 Å². The molecular formula is C20H27F3IN3O. The summed E-state index contributed by atoms with van der Waals surface area (Å²) in [6.07, 6.45) is -2.19. The maximum Gasteiger partial charge on any atom is 0.406 e. The molecule has 1 N–H and O–H groups in total. The number of fused-ring (bicyclic) bond motifs is 1. The van der Waals surface area contributed by atoms with Crippen LogP contribution in [0.15, 0.2) is 24.3 Å². The molecule has 2 heterocycles. The monoisotopic (exact) mass is 509 g/mol. The topological polar surface area (TPSA) is 29.4 Å². The summed E-state index contributed by atoms with van der Waals surface area (Å²) in [5.41, 5.74) is 1.54. The van der Waals surface area contributed by atoms with Crippen molar-refractivity contribution in [2.24, 2.45) is 5.92 Å². The quantitative estimate of drug-likeness (QED) is 0.535. The van der Waals surface area contributed by atoms with E-state index in [2.05, 4.69) is 17.1 Å². The maximum atomic E-state index is 12.9. The third-order valence-electron chi connectivity index (χ3n) is 5.20. The first-order valence-corrected chi connectivity index (χ1v) is 10.7. The van der Waals surface area contributed by atoms with Crippen LogP contribution in [0.3, 0.4) is 0 Å². The molecule has 1 aromatic heterocycles. The highest BCUT2D eigenvalue weighted by Gasteiger charge is 2.30. The number of benzene rings is 1. The third kappa shape index (κ3) is 5.54. The number of alkyl halides is 3. The molecule has 28 heavy (non-hydrogen) atoms. The zero-order valence-corrected chi connectivity index (χ0v) is 18.4. The molecule has 1 unspecified atom stereocenters. The summed E-state index contributed by atoms with van der Waals surface area (Å²) in [6.45, 7) is 5.09. The van der Waals surface area contributed by atoms with Gasteiger partial charge >= 0.3 is 6.18 Å². The minimum absolute atomic E-state index is 0.336. The number of hydrogen-bond acceptors (Lipinski definition) is 3. The van der Waals surface area contributed by atoms with Gasteiger partial charge in [-0.25, -0.2) is 0 Å². The number of likely N-dealkylation sites (tertiary alicyclic amines) is 1. The Kier molecular flexibility index (Phi) is 7.14. The first-order valence-electron chi connectivity index (χ1n) is 9.59. The molecule has 1 atom stereocenters. The molecule has 1 saturated heterocycles. The molecule has 0 radical (unpaired) electrons. The van der Waals surface area contributed by atoms with E-state index in [1.54, 1.807) is 13.2 Å². The average molecular weight is 509 g/mol. The fraction of sp³-hybridized carbons (Fsp3) is 0.600. The lowest BCUT2D eigenvalue weighted by Gasteiger charge is -2.34. The zero-order chi connectivity index (χ0) is 20.3. The summed E-state index contributed by atoms with van der Waals surface area (Å²) in [4.78, 5) is 2.46. The fourth-order valence-corrected chi connectivity index (χ4v) is 4.72. The summed E-state index contributed by atoms with van der Waals surface area (Å²) in [5, 5.41) is 4.43. The minimum Gasteiger partial charge on any atom is -0.384 e. The Labute approximate surface area is 177 Å². The van der Waals surface area contributed by atoms with E-state index in [-0.39, 0.29) is 0 Å². The van der Waals surface area contributed by atoms with Crippen LogP contribution in [0, 0.1) is 9.62 Å². The van der Waals surface area contributed by atoms with Crippen LogP contribution in [0.1, 0.15) is 19.8 Å². The molecule has 3 rings (SSSR count). The van der Waals surface area contributed by atoms with E-state index in [9.17, 15) is 13.2 Å². The van der Waals surface area contributed by atoms with Gasteiger partial charge in [0.05, 0.1) is 9.22 Å². The van der Waals surface area contributed by atoms with E-state index in [1.807, 2.05) is 40.8 Å². The highest BCUT2D eigenvalue weighted by atomic mass is 127. The van der Waals surface area contributed by atoms with Crippen LogP contribution < -0.4 is 5.32 Å². The van der Waals surface area contributed by atoms with Crippen LogP contribution in [-0.2, 0) is 11.3 Å². The van der Waals surface area contributed by atoms with Gasteiger partial charge in [-0.3, -0.25) is 0 Å². The smallest absolute Gasteiger partial charge is 0.384 e. The van der Waals surface area contributed by atoms with E-state index in [4.69, 9.17) is 4.74 Å². The molecule has 1 aromatic carbocycles. The van der Waals surface area contributed by atoms with Gasteiger partial charge in [0.25, 0.3) is 0 Å².